The lowest BCUT2D eigenvalue weighted by Gasteiger charge is -2.34. The topological polar surface area (TPSA) is 109 Å². The number of aliphatic hydroxyl groups excluding tert-OH is 3. The first-order valence-electron chi connectivity index (χ1n) is 6.75. The number of nitrogens with zero attached hydrogens (tertiary/aromatic N) is 2. The maximum absolute atomic E-state index is 9.97. The zero-order valence-electron chi connectivity index (χ0n) is 11.8. The fourth-order valence-corrected chi connectivity index (χ4v) is 3.34. The standard InChI is InChI=1S/C14H16N2O5S/c1-7-10(5-16-21-7)8-2-9(4-15-3-8)20-14-13(19)12(18)11(17)6-22-14/h2-5,11-14,17-19H,6H2,1H3/t11-,12+,13-,14+/m1/s1. The zero-order valence-corrected chi connectivity index (χ0v) is 12.6. The molecule has 2 aromatic rings. The third-order valence-corrected chi connectivity index (χ3v) is 4.72. The number of ether oxygens (including phenoxy) is 1. The number of aryl methyl sites for hydroxylation is 1. The Morgan fingerprint density at radius 2 is 2.05 bits per heavy atom. The summed E-state index contributed by atoms with van der Waals surface area (Å²) in [6.07, 6.45) is 1.44. The molecule has 1 aliphatic heterocycles. The fraction of sp³-hybridized carbons (Fsp3) is 0.429. The molecule has 118 valence electrons. The van der Waals surface area contributed by atoms with Crippen molar-refractivity contribution in [1.82, 2.24) is 10.1 Å². The number of aromatic nitrogens is 2. The van der Waals surface area contributed by atoms with E-state index in [0.717, 1.165) is 11.1 Å². The molecule has 0 radical (unpaired) electrons. The van der Waals surface area contributed by atoms with Crippen LogP contribution in [0.1, 0.15) is 5.76 Å². The maximum atomic E-state index is 9.97. The number of pyridine rings is 1. The Morgan fingerprint density at radius 1 is 1.23 bits per heavy atom. The molecule has 1 aliphatic rings. The summed E-state index contributed by atoms with van der Waals surface area (Å²) in [6.45, 7) is 1.80. The van der Waals surface area contributed by atoms with Gasteiger partial charge in [-0.25, -0.2) is 0 Å². The van der Waals surface area contributed by atoms with E-state index in [-0.39, 0.29) is 0 Å². The lowest BCUT2D eigenvalue weighted by Crippen LogP contribution is -2.50. The Labute approximate surface area is 130 Å². The quantitative estimate of drug-likeness (QED) is 0.752. The van der Waals surface area contributed by atoms with Gasteiger partial charge in [0.1, 0.15) is 23.7 Å². The van der Waals surface area contributed by atoms with Crippen LogP contribution in [-0.4, -0.2) is 55.0 Å². The third-order valence-electron chi connectivity index (χ3n) is 3.48. The number of rotatable bonds is 3. The van der Waals surface area contributed by atoms with E-state index in [0.29, 0.717) is 17.3 Å². The number of thioether (sulfide) groups is 1. The molecule has 0 amide bonds. The van der Waals surface area contributed by atoms with Gasteiger partial charge in [-0.05, 0) is 13.0 Å². The molecule has 3 heterocycles. The van der Waals surface area contributed by atoms with Crippen LogP contribution in [0.5, 0.6) is 5.75 Å². The summed E-state index contributed by atoms with van der Waals surface area (Å²) in [5.74, 6) is 1.42. The van der Waals surface area contributed by atoms with Gasteiger partial charge in [-0.2, -0.15) is 0 Å². The largest absolute Gasteiger partial charge is 0.475 e. The summed E-state index contributed by atoms with van der Waals surface area (Å²) < 4.78 is 10.7. The molecule has 0 bridgehead atoms. The molecule has 7 nitrogen and oxygen atoms in total. The minimum atomic E-state index is -1.22. The predicted molar refractivity (Wildman–Crippen MR) is 79.4 cm³/mol. The van der Waals surface area contributed by atoms with E-state index in [1.54, 1.807) is 25.4 Å². The van der Waals surface area contributed by atoms with Crippen molar-refractivity contribution in [1.29, 1.82) is 0 Å². The van der Waals surface area contributed by atoms with E-state index < -0.39 is 23.7 Å². The van der Waals surface area contributed by atoms with Crippen LogP contribution in [-0.2, 0) is 0 Å². The van der Waals surface area contributed by atoms with Gasteiger partial charge < -0.3 is 24.6 Å². The molecule has 2 aromatic heterocycles. The van der Waals surface area contributed by atoms with Crippen LogP contribution in [0.15, 0.2) is 29.2 Å². The molecule has 0 saturated carbocycles. The fourth-order valence-electron chi connectivity index (χ4n) is 2.22. The van der Waals surface area contributed by atoms with E-state index in [4.69, 9.17) is 9.26 Å². The first-order valence-corrected chi connectivity index (χ1v) is 7.80. The highest BCUT2D eigenvalue weighted by Gasteiger charge is 2.38. The molecule has 3 N–H and O–H groups in total. The predicted octanol–water partition coefficient (Wildman–Crippen LogP) is 0.579. The maximum Gasteiger partial charge on any atom is 0.173 e. The van der Waals surface area contributed by atoms with Gasteiger partial charge in [0.15, 0.2) is 5.44 Å². The Hall–Kier alpha value is -1.61. The number of hydrogen-bond donors (Lipinski definition) is 3. The second-order valence-corrected chi connectivity index (χ2v) is 6.20. The van der Waals surface area contributed by atoms with Gasteiger partial charge in [-0.1, -0.05) is 5.16 Å². The molecule has 3 rings (SSSR count). The van der Waals surface area contributed by atoms with Crippen molar-refractivity contribution in [3.63, 3.8) is 0 Å². The third kappa shape index (κ3) is 2.95. The van der Waals surface area contributed by atoms with Gasteiger partial charge in [-0.15, -0.1) is 11.8 Å². The summed E-state index contributed by atoms with van der Waals surface area (Å²) in [4.78, 5) is 4.11. The summed E-state index contributed by atoms with van der Waals surface area (Å²) in [7, 11) is 0. The second-order valence-electron chi connectivity index (χ2n) is 5.07. The summed E-state index contributed by atoms with van der Waals surface area (Å²) >= 11 is 1.24. The van der Waals surface area contributed by atoms with Crippen LogP contribution in [0.3, 0.4) is 0 Å². The Kier molecular flexibility index (Phi) is 4.34. The first-order chi connectivity index (χ1) is 10.6. The lowest BCUT2D eigenvalue weighted by molar-refractivity contribution is -0.0786. The Balaban J connectivity index is 1.78. The van der Waals surface area contributed by atoms with Crippen molar-refractivity contribution in [3.8, 4) is 16.9 Å². The summed E-state index contributed by atoms with van der Waals surface area (Å²) in [6, 6.07) is 1.76. The van der Waals surface area contributed by atoms with Gasteiger partial charge >= 0.3 is 0 Å². The van der Waals surface area contributed by atoms with Gasteiger partial charge in [0, 0.05) is 23.1 Å². The van der Waals surface area contributed by atoms with Crippen LogP contribution >= 0.6 is 11.8 Å². The Morgan fingerprint density at radius 3 is 2.77 bits per heavy atom. The molecule has 0 aliphatic carbocycles. The molecule has 4 atom stereocenters. The normalized spacial score (nSPS) is 28.5. The number of aliphatic hydroxyl groups is 3. The molecule has 1 saturated heterocycles. The molecular formula is C14H16N2O5S. The summed E-state index contributed by atoms with van der Waals surface area (Å²) in [5, 5.41) is 32.9. The first kappa shape index (κ1) is 15.3. The minimum Gasteiger partial charge on any atom is -0.475 e. The molecular weight excluding hydrogens is 308 g/mol. The molecule has 0 aromatic carbocycles. The highest BCUT2D eigenvalue weighted by Crippen LogP contribution is 2.31. The number of hydrogen-bond acceptors (Lipinski definition) is 8. The SMILES string of the molecule is Cc1oncc1-c1cncc(O[C@H]2SC[C@@H](O)[C@H](O)[C@H]2O)c1. The second kappa shape index (κ2) is 6.25. The molecule has 1 fully saturated rings. The van der Waals surface area contributed by atoms with Crippen molar-refractivity contribution in [2.24, 2.45) is 0 Å². The average Bonchev–Trinajstić information content (AvgIpc) is 2.94. The lowest BCUT2D eigenvalue weighted by atomic mass is 10.1. The smallest absolute Gasteiger partial charge is 0.173 e. The van der Waals surface area contributed by atoms with Gasteiger partial charge in [0.2, 0.25) is 0 Å². The van der Waals surface area contributed by atoms with Gasteiger partial charge in [-0.3, -0.25) is 4.98 Å². The highest BCUT2D eigenvalue weighted by atomic mass is 32.2. The van der Waals surface area contributed by atoms with Gasteiger partial charge in [0.25, 0.3) is 0 Å². The van der Waals surface area contributed by atoms with E-state index in [9.17, 15) is 15.3 Å². The van der Waals surface area contributed by atoms with Crippen molar-refractivity contribution < 1.29 is 24.6 Å². The van der Waals surface area contributed by atoms with Crippen LogP contribution in [0.25, 0.3) is 11.1 Å². The zero-order chi connectivity index (χ0) is 15.7. The average molecular weight is 324 g/mol. The summed E-state index contributed by atoms with van der Waals surface area (Å²) in [5.41, 5.74) is 0.927. The van der Waals surface area contributed by atoms with Crippen molar-refractivity contribution in [2.75, 3.05) is 5.75 Å². The van der Waals surface area contributed by atoms with Crippen molar-refractivity contribution in [3.05, 3.63) is 30.4 Å². The van der Waals surface area contributed by atoms with E-state index >= 15 is 0 Å². The molecule has 0 spiro atoms. The molecule has 8 heteroatoms. The highest BCUT2D eigenvalue weighted by molar-refractivity contribution is 7.99. The van der Waals surface area contributed by atoms with Gasteiger partial charge in [0.05, 0.1) is 18.5 Å². The van der Waals surface area contributed by atoms with Crippen LogP contribution in [0, 0.1) is 6.92 Å². The minimum absolute atomic E-state index is 0.292. The van der Waals surface area contributed by atoms with Crippen LogP contribution in [0.2, 0.25) is 0 Å². The molecule has 22 heavy (non-hydrogen) atoms. The van der Waals surface area contributed by atoms with Crippen molar-refractivity contribution >= 4 is 11.8 Å². The monoisotopic (exact) mass is 324 g/mol. The Bertz CT molecular complexity index is 650. The molecule has 0 unspecified atom stereocenters. The van der Waals surface area contributed by atoms with Crippen molar-refractivity contribution in [2.45, 2.75) is 30.7 Å². The van der Waals surface area contributed by atoms with Crippen LogP contribution in [0.4, 0.5) is 0 Å². The van der Waals surface area contributed by atoms with E-state index in [2.05, 4.69) is 10.1 Å². The van der Waals surface area contributed by atoms with E-state index in [1.165, 1.54) is 18.0 Å². The van der Waals surface area contributed by atoms with Crippen LogP contribution < -0.4 is 4.74 Å². The van der Waals surface area contributed by atoms with E-state index in [1.807, 2.05) is 0 Å².